The van der Waals surface area contributed by atoms with Gasteiger partial charge in [0.15, 0.2) is 0 Å². The normalized spacial score (nSPS) is 20.7. The number of hydrogen-bond donors (Lipinski definition) is 1. The van der Waals surface area contributed by atoms with Crippen molar-refractivity contribution in [2.45, 2.75) is 64.3 Å². The minimum Gasteiger partial charge on any atom is -0.444 e. The van der Waals surface area contributed by atoms with E-state index in [2.05, 4.69) is 0 Å². The summed E-state index contributed by atoms with van der Waals surface area (Å²) in [6.07, 6.45) is 0.562. The fourth-order valence-corrected chi connectivity index (χ4v) is 2.01. The molecule has 1 heterocycles. The maximum Gasteiger partial charge on any atom is 0.410 e. The fraction of sp³-hybridized carbons (Fsp3) is 0.923. The summed E-state index contributed by atoms with van der Waals surface area (Å²) in [4.78, 5) is 13.4. The summed E-state index contributed by atoms with van der Waals surface area (Å²) in [5.41, 5.74) is 3.27. The second kappa shape index (κ2) is 4.68. The summed E-state index contributed by atoms with van der Waals surface area (Å²) < 4.78 is 19.3. The van der Waals surface area contributed by atoms with Crippen molar-refractivity contribution in [3.8, 4) is 0 Å². The Labute approximate surface area is 109 Å². The molecule has 1 saturated heterocycles. The van der Waals surface area contributed by atoms with Crippen LogP contribution >= 0.6 is 0 Å². The van der Waals surface area contributed by atoms with Crippen molar-refractivity contribution in [3.05, 3.63) is 0 Å². The Kier molecular flexibility index (Phi) is 3.96. The van der Waals surface area contributed by atoms with E-state index in [4.69, 9.17) is 10.5 Å². The molecule has 1 amide bonds. The fourth-order valence-electron chi connectivity index (χ4n) is 2.01. The van der Waals surface area contributed by atoms with Crippen molar-refractivity contribution < 1.29 is 13.9 Å². The van der Waals surface area contributed by atoms with Crippen molar-refractivity contribution in [1.29, 1.82) is 0 Å². The average molecular weight is 260 g/mol. The first-order chi connectivity index (χ1) is 7.95. The van der Waals surface area contributed by atoms with E-state index >= 15 is 0 Å². The third-order valence-corrected chi connectivity index (χ3v) is 3.49. The number of carbonyl (C=O) groups excluding carboxylic acids is 1. The van der Waals surface area contributed by atoms with Gasteiger partial charge in [0.05, 0.1) is 5.54 Å². The zero-order valence-corrected chi connectivity index (χ0v) is 12.0. The van der Waals surface area contributed by atoms with Gasteiger partial charge in [-0.25, -0.2) is 9.18 Å². The molecule has 0 saturated carbocycles. The van der Waals surface area contributed by atoms with E-state index in [-0.39, 0.29) is 6.09 Å². The second-order valence-electron chi connectivity index (χ2n) is 6.60. The van der Waals surface area contributed by atoms with Gasteiger partial charge in [0.1, 0.15) is 11.3 Å². The van der Waals surface area contributed by atoms with E-state index in [1.54, 1.807) is 4.90 Å². The second-order valence-corrected chi connectivity index (χ2v) is 6.60. The van der Waals surface area contributed by atoms with E-state index < -0.39 is 16.8 Å². The standard InChI is InChI=1S/C13H25FN2O2/c1-11(2,3)18-10(17)16-8-6-13(15,7-9-16)12(4,5)14/h6-9,15H2,1-5H3. The molecule has 5 heteroatoms. The maximum absolute atomic E-state index is 14.0. The molecule has 0 aromatic carbocycles. The lowest BCUT2D eigenvalue weighted by Gasteiger charge is -2.44. The van der Waals surface area contributed by atoms with Gasteiger partial charge in [-0.05, 0) is 47.5 Å². The van der Waals surface area contributed by atoms with Crippen molar-refractivity contribution in [2.24, 2.45) is 5.73 Å². The Hall–Kier alpha value is -0.840. The van der Waals surface area contributed by atoms with E-state index in [1.165, 1.54) is 13.8 Å². The van der Waals surface area contributed by atoms with Gasteiger partial charge in [-0.1, -0.05) is 0 Å². The van der Waals surface area contributed by atoms with Gasteiger partial charge < -0.3 is 15.4 Å². The van der Waals surface area contributed by atoms with Gasteiger partial charge in [0.2, 0.25) is 0 Å². The minimum absolute atomic E-state index is 0.346. The molecule has 1 fully saturated rings. The number of rotatable bonds is 1. The molecule has 0 bridgehead atoms. The first-order valence-electron chi connectivity index (χ1n) is 6.40. The first kappa shape index (κ1) is 15.2. The summed E-state index contributed by atoms with van der Waals surface area (Å²) in [6.45, 7) is 9.36. The number of piperidine rings is 1. The molecule has 0 aromatic rings. The van der Waals surface area contributed by atoms with Crippen molar-refractivity contribution >= 4 is 6.09 Å². The van der Waals surface area contributed by atoms with Gasteiger partial charge in [-0.15, -0.1) is 0 Å². The average Bonchev–Trinajstić information content (AvgIpc) is 2.14. The van der Waals surface area contributed by atoms with E-state index in [1.807, 2.05) is 20.8 Å². The number of nitrogens with two attached hydrogens (primary N) is 1. The van der Waals surface area contributed by atoms with E-state index in [9.17, 15) is 9.18 Å². The Morgan fingerprint density at radius 3 is 2.00 bits per heavy atom. The molecule has 0 radical (unpaired) electrons. The molecule has 0 spiro atoms. The highest BCUT2D eigenvalue weighted by molar-refractivity contribution is 5.68. The lowest BCUT2D eigenvalue weighted by Crippen LogP contribution is -2.61. The molecule has 106 valence electrons. The molecule has 2 N–H and O–H groups in total. The third kappa shape index (κ3) is 3.57. The quantitative estimate of drug-likeness (QED) is 0.788. The number of hydrogen-bond acceptors (Lipinski definition) is 3. The summed E-state index contributed by atoms with van der Waals surface area (Å²) in [7, 11) is 0. The Balaban J connectivity index is 2.57. The van der Waals surface area contributed by atoms with E-state index in [0.717, 1.165) is 0 Å². The Bertz CT molecular complexity index is 310. The van der Waals surface area contributed by atoms with Crippen molar-refractivity contribution in [2.75, 3.05) is 13.1 Å². The van der Waals surface area contributed by atoms with Crippen LogP contribution in [-0.2, 0) is 4.74 Å². The van der Waals surface area contributed by atoms with Crippen LogP contribution < -0.4 is 5.73 Å². The maximum atomic E-state index is 14.0. The summed E-state index contributed by atoms with van der Waals surface area (Å²) in [6, 6.07) is 0. The molecule has 0 atom stereocenters. The van der Waals surface area contributed by atoms with Crippen LogP contribution in [0.4, 0.5) is 9.18 Å². The number of halogens is 1. The molecule has 0 unspecified atom stereocenters. The van der Waals surface area contributed by atoms with Crippen LogP contribution in [0, 0.1) is 0 Å². The van der Waals surface area contributed by atoms with Crippen molar-refractivity contribution in [1.82, 2.24) is 4.90 Å². The molecule has 0 aliphatic carbocycles. The molecular weight excluding hydrogens is 235 g/mol. The number of ether oxygens (including phenoxy) is 1. The topological polar surface area (TPSA) is 55.6 Å². The number of alkyl halides is 1. The van der Waals surface area contributed by atoms with Gasteiger partial charge >= 0.3 is 6.09 Å². The predicted octanol–water partition coefficient (Wildman–Crippen LogP) is 2.46. The summed E-state index contributed by atoms with van der Waals surface area (Å²) >= 11 is 0. The lowest BCUT2D eigenvalue weighted by molar-refractivity contribution is -0.000486. The highest BCUT2D eigenvalue weighted by Gasteiger charge is 2.45. The predicted molar refractivity (Wildman–Crippen MR) is 69.1 cm³/mol. The van der Waals surface area contributed by atoms with Crippen molar-refractivity contribution in [3.63, 3.8) is 0 Å². The van der Waals surface area contributed by atoms with Crippen LogP contribution in [0.5, 0.6) is 0 Å². The van der Waals surface area contributed by atoms with Crippen LogP contribution in [0.2, 0.25) is 0 Å². The molecule has 1 aliphatic rings. The smallest absolute Gasteiger partial charge is 0.410 e. The molecule has 1 aliphatic heterocycles. The molecule has 0 aromatic heterocycles. The molecule has 18 heavy (non-hydrogen) atoms. The number of amides is 1. The zero-order chi connectivity index (χ0) is 14.2. The largest absolute Gasteiger partial charge is 0.444 e. The number of likely N-dealkylation sites (tertiary alicyclic amines) is 1. The minimum atomic E-state index is -1.44. The van der Waals surface area contributed by atoms with E-state index in [0.29, 0.717) is 25.9 Å². The molecular formula is C13H25FN2O2. The van der Waals surface area contributed by atoms with Crippen LogP contribution in [0.1, 0.15) is 47.5 Å². The van der Waals surface area contributed by atoms with Crippen LogP contribution in [-0.4, -0.2) is 40.9 Å². The number of carbonyl (C=O) groups is 1. The van der Waals surface area contributed by atoms with Crippen LogP contribution in [0.15, 0.2) is 0 Å². The highest BCUT2D eigenvalue weighted by atomic mass is 19.1. The first-order valence-corrected chi connectivity index (χ1v) is 6.40. The third-order valence-electron chi connectivity index (χ3n) is 3.49. The monoisotopic (exact) mass is 260 g/mol. The number of nitrogens with zero attached hydrogens (tertiary/aromatic N) is 1. The summed E-state index contributed by atoms with van der Waals surface area (Å²) in [5.74, 6) is 0. The van der Waals surface area contributed by atoms with Gasteiger partial charge in [-0.3, -0.25) is 0 Å². The van der Waals surface area contributed by atoms with Gasteiger partial charge in [0.25, 0.3) is 0 Å². The SMILES string of the molecule is CC(C)(C)OC(=O)N1CCC(N)(C(C)(C)F)CC1. The highest BCUT2D eigenvalue weighted by Crippen LogP contribution is 2.33. The Morgan fingerprint density at radius 2 is 1.67 bits per heavy atom. The molecule has 4 nitrogen and oxygen atoms in total. The van der Waals surface area contributed by atoms with Crippen LogP contribution in [0.3, 0.4) is 0 Å². The van der Waals surface area contributed by atoms with Crippen LogP contribution in [0.25, 0.3) is 0 Å². The van der Waals surface area contributed by atoms with Gasteiger partial charge in [-0.2, -0.15) is 0 Å². The zero-order valence-electron chi connectivity index (χ0n) is 12.0. The lowest BCUT2D eigenvalue weighted by atomic mass is 9.77. The van der Waals surface area contributed by atoms with Gasteiger partial charge in [0, 0.05) is 13.1 Å². The Morgan fingerprint density at radius 1 is 1.22 bits per heavy atom. The summed E-state index contributed by atoms with van der Waals surface area (Å²) in [5, 5.41) is 0. The molecule has 1 rings (SSSR count).